The van der Waals surface area contributed by atoms with Crippen LogP contribution in [0.3, 0.4) is 0 Å². The van der Waals surface area contributed by atoms with Crippen LogP contribution >= 0.6 is 0 Å². The van der Waals surface area contributed by atoms with Gasteiger partial charge in [0.05, 0.1) is 7.11 Å². The number of aromatic nitrogens is 2. The lowest BCUT2D eigenvalue weighted by atomic mass is 9.91. The molecule has 1 amide bonds. The van der Waals surface area contributed by atoms with E-state index >= 15 is 0 Å². The van der Waals surface area contributed by atoms with E-state index in [9.17, 15) is 4.79 Å². The van der Waals surface area contributed by atoms with E-state index in [0.29, 0.717) is 11.6 Å². The van der Waals surface area contributed by atoms with E-state index in [2.05, 4.69) is 10.4 Å². The summed E-state index contributed by atoms with van der Waals surface area (Å²) in [6.45, 7) is 0. The van der Waals surface area contributed by atoms with E-state index in [0.717, 1.165) is 25.7 Å². The summed E-state index contributed by atoms with van der Waals surface area (Å²) in [5.41, 5.74) is 6.37. The number of aryl methyl sites for hydroxylation is 1. The highest BCUT2D eigenvalue weighted by Gasteiger charge is 2.24. The van der Waals surface area contributed by atoms with Crippen molar-refractivity contribution in [3.8, 4) is 5.88 Å². The zero-order valence-electron chi connectivity index (χ0n) is 10.8. The number of amides is 1. The Hall–Kier alpha value is -1.56. The smallest absolute Gasteiger partial charge is 0.272 e. The quantitative estimate of drug-likeness (QED) is 0.817. The Morgan fingerprint density at radius 1 is 1.56 bits per heavy atom. The maximum Gasteiger partial charge on any atom is 0.272 e. The largest absolute Gasteiger partial charge is 0.481 e. The first-order valence-electron chi connectivity index (χ1n) is 6.26. The molecule has 2 rings (SSSR count). The highest BCUT2D eigenvalue weighted by molar-refractivity contribution is 5.92. The molecule has 0 aromatic carbocycles. The van der Waals surface area contributed by atoms with E-state index in [1.165, 1.54) is 4.68 Å². The molecule has 1 aromatic rings. The van der Waals surface area contributed by atoms with Crippen LogP contribution in [0.1, 0.15) is 36.2 Å². The van der Waals surface area contributed by atoms with Crippen molar-refractivity contribution < 1.29 is 9.53 Å². The molecule has 6 nitrogen and oxygen atoms in total. The van der Waals surface area contributed by atoms with Crippen LogP contribution in [0.4, 0.5) is 0 Å². The molecule has 1 heterocycles. The summed E-state index contributed by atoms with van der Waals surface area (Å²) in [5, 5.41) is 7.06. The Labute approximate surface area is 106 Å². The van der Waals surface area contributed by atoms with Crippen molar-refractivity contribution in [2.45, 2.75) is 37.8 Å². The van der Waals surface area contributed by atoms with Crippen LogP contribution in [0.5, 0.6) is 5.88 Å². The fourth-order valence-corrected chi connectivity index (χ4v) is 2.33. The van der Waals surface area contributed by atoms with Gasteiger partial charge in [-0.2, -0.15) is 5.10 Å². The minimum absolute atomic E-state index is 0.0494. The van der Waals surface area contributed by atoms with Gasteiger partial charge in [-0.05, 0) is 12.8 Å². The number of ether oxygens (including phenoxy) is 1. The third-order valence-corrected chi connectivity index (χ3v) is 3.41. The first-order chi connectivity index (χ1) is 8.61. The van der Waals surface area contributed by atoms with Gasteiger partial charge in [0, 0.05) is 25.2 Å². The zero-order valence-corrected chi connectivity index (χ0v) is 10.8. The Balaban J connectivity index is 2.02. The highest BCUT2D eigenvalue weighted by Crippen LogP contribution is 2.18. The minimum Gasteiger partial charge on any atom is -0.481 e. The number of hydrogen-bond donors (Lipinski definition) is 2. The molecule has 1 aliphatic carbocycles. The summed E-state index contributed by atoms with van der Waals surface area (Å²) < 4.78 is 6.62. The molecule has 1 aromatic heterocycles. The zero-order chi connectivity index (χ0) is 13.1. The molecule has 6 heteroatoms. The number of carbonyl (C=O) groups is 1. The molecule has 100 valence electrons. The van der Waals surface area contributed by atoms with Crippen LogP contribution in [-0.4, -0.2) is 34.9 Å². The number of hydrogen-bond acceptors (Lipinski definition) is 4. The Bertz CT molecular complexity index is 430. The van der Waals surface area contributed by atoms with Crippen LogP contribution in [0.2, 0.25) is 0 Å². The van der Waals surface area contributed by atoms with Crippen LogP contribution in [-0.2, 0) is 7.05 Å². The maximum atomic E-state index is 12.0. The van der Waals surface area contributed by atoms with E-state index < -0.39 is 0 Å². The number of nitrogens with one attached hydrogen (secondary N) is 1. The van der Waals surface area contributed by atoms with Gasteiger partial charge in [-0.3, -0.25) is 4.79 Å². The summed E-state index contributed by atoms with van der Waals surface area (Å²) in [6.07, 6.45) is 4.17. The molecular formula is C12H20N4O2. The average Bonchev–Trinajstić information content (AvgIpc) is 2.73. The maximum absolute atomic E-state index is 12.0. The lowest BCUT2D eigenvalue weighted by Gasteiger charge is -2.28. The molecule has 0 radical (unpaired) electrons. The van der Waals surface area contributed by atoms with Gasteiger partial charge < -0.3 is 15.8 Å². The molecule has 1 saturated carbocycles. The van der Waals surface area contributed by atoms with Gasteiger partial charge in [-0.1, -0.05) is 12.8 Å². The van der Waals surface area contributed by atoms with E-state index in [4.69, 9.17) is 10.5 Å². The van der Waals surface area contributed by atoms with Gasteiger partial charge in [-0.25, -0.2) is 4.68 Å². The molecule has 18 heavy (non-hydrogen) atoms. The van der Waals surface area contributed by atoms with Crippen LogP contribution < -0.4 is 15.8 Å². The first kappa shape index (κ1) is 12.9. The molecule has 3 N–H and O–H groups in total. The summed E-state index contributed by atoms with van der Waals surface area (Å²) in [6, 6.07) is 1.73. The van der Waals surface area contributed by atoms with Crippen LogP contribution in [0, 0.1) is 0 Å². The van der Waals surface area contributed by atoms with Crippen molar-refractivity contribution in [1.29, 1.82) is 0 Å². The molecule has 2 atom stereocenters. The summed E-state index contributed by atoms with van der Waals surface area (Å²) in [5.74, 6) is 0.379. The average molecular weight is 252 g/mol. The van der Waals surface area contributed by atoms with Gasteiger partial charge in [0.2, 0.25) is 5.88 Å². The Morgan fingerprint density at radius 3 is 2.89 bits per heavy atom. The monoisotopic (exact) mass is 252 g/mol. The topological polar surface area (TPSA) is 82.2 Å². The SMILES string of the molecule is COc1cc(C(=O)N[C@@H]2CCCC[C@H]2N)nn1C. The van der Waals surface area contributed by atoms with Crippen molar-refractivity contribution >= 4 is 5.91 Å². The fraction of sp³-hybridized carbons (Fsp3) is 0.667. The van der Waals surface area contributed by atoms with Crippen molar-refractivity contribution in [3.05, 3.63) is 11.8 Å². The van der Waals surface area contributed by atoms with Gasteiger partial charge >= 0.3 is 0 Å². The lowest BCUT2D eigenvalue weighted by Crippen LogP contribution is -2.49. The van der Waals surface area contributed by atoms with Crippen molar-refractivity contribution in [2.75, 3.05) is 7.11 Å². The number of methoxy groups -OCH3 is 1. The molecule has 0 spiro atoms. The van der Waals surface area contributed by atoms with E-state index in [-0.39, 0.29) is 18.0 Å². The van der Waals surface area contributed by atoms with Gasteiger partial charge in [0.25, 0.3) is 5.91 Å². The molecule has 1 fully saturated rings. The predicted octanol–water partition coefficient (Wildman–Crippen LogP) is 0.428. The molecule has 1 aliphatic rings. The molecule has 0 unspecified atom stereocenters. The third-order valence-electron chi connectivity index (χ3n) is 3.41. The summed E-state index contributed by atoms with van der Waals surface area (Å²) in [4.78, 5) is 12.0. The standard InChI is InChI=1S/C12H20N4O2/c1-16-11(18-2)7-10(15-16)12(17)14-9-6-4-3-5-8(9)13/h7-9H,3-6,13H2,1-2H3,(H,14,17)/t8-,9-/m1/s1. The summed E-state index contributed by atoms with van der Waals surface area (Å²) >= 11 is 0. The van der Waals surface area contributed by atoms with Crippen molar-refractivity contribution in [3.63, 3.8) is 0 Å². The second kappa shape index (κ2) is 5.39. The number of carbonyl (C=O) groups excluding carboxylic acids is 1. The number of nitrogens with zero attached hydrogens (tertiary/aromatic N) is 2. The normalized spacial score (nSPS) is 23.7. The molecule has 0 saturated heterocycles. The Kier molecular flexibility index (Phi) is 3.86. The van der Waals surface area contributed by atoms with Crippen molar-refractivity contribution in [1.82, 2.24) is 15.1 Å². The van der Waals surface area contributed by atoms with E-state index in [1.807, 2.05) is 0 Å². The highest BCUT2D eigenvalue weighted by atomic mass is 16.5. The van der Waals surface area contributed by atoms with Gasteiger partial charge in [0.1, 0.15) is 0 Å². The van der Waals surface area contributed by atoms with Gasteiger partial charge in [-0.15, -0.1) is 0 Å². The van der Waals surface area contributed by atoms with E-state index in [1.54, 1.807) is 20.2 Å². The molecular weight excluding hydrogens is 232 g/mol. The predicted molar refractivity (Wildman–Crippen MR) is 67.5 cm³/mol. The van der Waals surface area contributed by atoms with Crippen LogP contribution in [0.15, 0.2) is 6.07 Å². The first-order valence-corrected chi connectivity index (χ1v) is 6.26. The summed E-state index contributed by atoms with van der Waals surface area (Å²) in [7, 11) is 3.29. The second-order valence-electron chi connectivity index (χ2n) is 4.72. The molecule has 0 bridgehead atoms. The number of nitrogens with two attached hydrogens (primary N) is 1. The minimum atomic E-state index is -0.184. The fourth-order valence-electron chi connectivity index (χ4n) is 2.33. The molecule has 0 aliphatic heterocycles. The van der Waals surface area contributed by atoms with Gasteiger partial charge in [0.15, 0.2) is 5.69 Å². The third kappa shape index (κ3) is 2.64. The number of rotatable bonds is 3. The van der Waals surface area contributed by atoms with Crippen molar-refractivity contribution in [2.24, 2.45) is 12.8 Å². The van der Waals surface area contributed by atoms with Crippen LogP contribution in [0.25, 0.3) is 0 Å². The second-order valence-corrected chi connectivity index (χ2v) is 4.72. The Morgan fingerprint density at radius 2 is 2.28 bits per heavy atom. The lowest BCUT2D eigenvalue weighted by molar-refractivity contribution is 0.0915.